The molecule has 0 aromatic heterocycles. The van der Waals surface area contributed by atoms with Crippen molar-refractivity contribution >= 4 is 39.5 Å². The van der Waals surface area contributed by atoms with Crippen molar-refractivity contribution in [2.24, 2.45) is 4.99 Å². The van der Waals surface area contributed by atoms with Gasteiger partial charge in [-0.1, -0.05) is 0 Å². The molecule has 98 valence electrons. The zero-order valence-corrected chi connectivity index (χ0v) is 16.4. The average molecular weight is 449 g/mol. The summed E-state index contributed by atoms with van der Waals surface area (Å²) in [4.78, 5) is 4.43. The number of rotatable bonds is 1. The third-order valence-corrected chi connectivity index (χ3v) is 6.41. The fourth-order valence-electron chi connectivity index (χ4n) is 2.47. The van der Waals surface area contributed by atoms with Gasteiger partial charge in [-0.15, -0.1) is 0 Å². The first-order chi connectivity index (χ1) is 8.80. The number of hydrogen-bond donors (Lipinski definition) is 0. The van der Waals surface area contributed by atoms with E-state index in [4.69, 9.17) is 9.31 Å². The second-order valence-corrected chi connectivity index (χ2v) is 8.65. The third kappa shape index (κ3) is 2.23. The van der Waals surface area contributed by atoms with E-state index in [9.17, 15) is 0 Å². The van der Waals surface area contributed by atoms with Gasteiger partial charge in [0, 0.05) is 0 Å². The predicted octanol–water partition coefficient (Wildman–Crippen LogP) is 1.63. The third-order valence-electron chi connectivity index (χ3n) is 4.49. The molecule has 0 N–H and O–H groups in total. The van der Waals surface area contributed by atoms with E-state index in [0.29, 0.717) is 6.04 Å². The molecule has 1 atom stereocenters. The van der Waals surface area contributed by atoms with Gasteiger partial charge in [-0.25, -0.2) is 0 Å². The van der Waals surface area contributed by atoms with E-state index < -0.39 is 0 Å². The van der Waals surface area contributed by atoms with Crippen molar-refractivity contribution in [3.8, 4) is 0 Å². The maximum atomic E-state index is 6.12. The van der Waals surface area contributed by atoms with Gasteiger partial charge in [0.2, 0.25) is 0 Å². The van der Waals surface area contributed by atoms with Crippen molar-refractivity contribution in [2.75, 3.05) is 0 Å². The predicted molar refractivity (Wildman–Crippen MR) is 76.7 cm³/mol. The standard InChI is InChI=1S/C13H18BN2O2.Tl/c1-12(2)13(3,4)18-14(17-12)9-5-6-10-11(7-9)16-8-15-10;/h5-6,8,11H,7H2,1-4H3;/q-1;+1. The first-order valence-corrected chi connectivity index (χ1v) is 8.64. The Morgan fingerprint density at radius 3 is 2.53 bits per heavy atom. The van der Waals surface area contributed by atoms with Crippen molar-refractivity contribution in [2.45, 2.75) is 51.4 Å². The molecule has 19 heavy (non-hydrogen) atoms. The number of nitrogens with zero attached hydrogens (tertiary/aromatic N) is 2. The molecule has 3 aliphatic rings. The molecule has 0 radical (unpaired) electrons. The molecule has 1 aliphatic carbocycles. The summed E-state index contributed by atoms with van der Waals surface area (Å²) in [5.41, 5.74) is 1.86. The molecule has 3 rings (SSSR count). The topological polar surface area (TPSA) is 34.1 Å². The number of aliphatic imine (C=N–C) groups is 1. The van der Waals surface area contributed by atoms with Crippen LogP contribution < -0.4 is 0 Å². The molecule has 1 unspecified atom stereocenters. The molecule has 2 aliphatic heterocycles. The summed E-state index contributed by atoms with van der Waals surface area (Å²) in [7, 11) is -0.221. The van der Waals surface area contributed by atoms with Crippen molar-refractivity contribution in [3.63, 3.8) is 0 Å². The summed E-state index contributed by atoms with van der Waals surface area (Å²) >= 11 is 0.780. The summed E-state index contributed by atoms with van der Waals surface area (Å²) in [5, 5.41) is 0. The normalized spacial score (nSPS) is 31.2. The molecule has 0 saturated carbocycles. The molecule has 0 aromatic carbocycles. The van der Waals surface area contributed by atoms with Crippen LogP contribution in [0.2, 0.25) is 0 Å². The molecule has 0 bridgehead atoms. The SMILES string of the molecule is CC1(C)OB(C2=CC=C3N=C[N]([Tl])C3C2)OC1(C)C. The van der Waals surface area contributed by atoms with Crippen molar-refractivity contribution < 1.29 is 9.31 Å². The summed E-state index contributed by atoms with van der Waals surface area (Å²) < 4.78 is 14.6. The number of allylic oxidation sites excluding steroid dienone is 2. The van der Waals surface area contributed by atoms with Gasteiger partial charge in [0.05, 0.1) is 0 Å². The Morgan fingerprint density at radius 1 is 1.26 bits per heavy atom. The molecule has 0 aromatic rings. The molecule has 0 spiro atoms. The van der Waals surface area contributed by atoms with E-state index in [1.54, 1.807) is 0 Å². The monoisotopic (exact) mass is 450 g/mol. The molecular formula is C13H18BN2O2Tl. The summed E-state index contributed by atoms with van der Waals surface area (Å²) in [5.74, 6) is 0. The Bertz CT molecular complexity index is 483. The van der Waals surface area contributed by atoms with Crippen LogP contribution in [-0.4, -0.2) is 59.5 Å². The Labute approximate surface area is 131 Å². The molecule has 4 nitrogen and oxygen atoms in total. The van der Waals surface area contributed by atoms with E-state index in [0.717, 1.165) is 32.5 Å². The van der Waals surface area contributed by atoms with Gasteiger partial charge in [-0.2, -0.15) is 0 Å². The number of hydrogen-bond acceptors (Lipinski definition) is 4. The van der Waals surface area contributed by atoms with Crippen LogP contribution >= 0.6 is 0 Å². The number of fused-ring (bicyclic) bond motifs is 1. The van der Waals surface area contributed by atoms with Crippen LogP contribution in [0.15, 0.2) is 28.3 Å². The minimum atomic E-state index is -0.267. The van der Waals surface area contributed by atoms with Crippen LogP contribution in [0, 0.1) is 0 Å². The van der Waals surface area contributed by atoms with Gasteiger partial charge in [-0.05, 0) is 0 Å². The molecule has 1 saturated heterocycles. The van der Waals surface area contributed by atoms with E-state index in [2.05, 4.69) is 47.5 Å². The zero-order chi connectivity index (χ0) is 13.8. The average Bonchev–Trinajstić information content (AvgIpc) is 2.78. The second kappa shape index (κ2) is 4.43. The van der Waals surface area contributed by atoms with Crippen LogP contribution in [0.1, 0.15) is 34.1 Å². The van der Waals surface area contributed by atoms with E-state index >= 15 is 0 Å². The Balaban J connectivity index is 1.81. The van der Waals surface area contributed by atoms with E-state index in [1.165, 1.54) is 11.2 Å². The first kappa shape index (κ1) is 13.8. The minimum absolute atomic E-state index is 0.221. The fraction of sp³-hybridized carbons (Fsp3) is 0.615. The van der Waals surface area contributed by atoms with Crippen LogP contribution in [0.25, 0.3) is 0 Å². The van der Waals surface area contributed by atoms with Crippen LogP contribution in [0.4, 0.5) is 0 Å². The molecule has 1 fully saturated rings. The van der Waals surface area contributed by atoms with Gasteiger partial charge < -0.3 is 0 Å². The van der Waals surface area contributed by atoms with Gasteiger partial charge in [-0.3, -0.25) is 0 Å². The van der Waals surface area contributed by atoms with Crippen LogP contribution in [-0.2, 0) is 9.31 Å². The Kier molecular flexibility index (Phi) is 3.22. The van der Waals surface area contributed by atoms with Crippen LogP contribution in [0.3, 0.4) is 0 Å². The van der Waals surface area contributed by atoms with Crippen LogP contribution in [0.5, 0.6) is 0 Å². The quantitative estimate of drug-likeness (QED) is 0.571. The van der Waals surface area contributed by atoms with Gasteiger partial charge in [0.15, 0.2) is 0 Å². The van der Waals surface area contributed by atoms with E-state index in [-0.39, 0.29) is 18.3 Å². The Morgan fingerprint density at radius 2 is 1.89 bits per heavy atom. The van der Waals surface area contributed by atoms with E-state index in [1.807, 2.05) is 6.34 Å². The van der Waals surface area contributed by atoms with Gasteiger partial charge >= 0.3 is 131 Å². The summed E-state index contributed by atoms with van der Waals surface area (Å²) in [6, 6.07) is 0.407. The zero-order valence-electron chi connectivity index (χ0n) is 11.9. The molecule has 2 heterocycles. The summed E-state index contributed by atoms with van der Waals surface area (Å²) in [6.07, 6.45) is 7.14. The second-order valence-electron chi connectivity index (χ2n) is 6.33. The van der Waals surface area contributed by atoms with Gasteiger partial charge in [0.1, 0.15) is 0 Å². The van der Waals surface area contributed by atoms with Gasteiger partial charge in [0.25, 0.3) is 0 Å². The summed E-state index contributed by atoms with van der Waals surface area (Å²) in [6.45, 7) is 8.38. The fourth-order valence-corrected chi connectivity index (χ4v) is 3.73. The maximum absolute atomic E-state index is 6.12. The molecule has 0 amide bonds. The molecular weight excluding hydrogens is 431 g/mol. The van der Waals surface area contributed by atoms with Crippen molar-refractivity contribution in [1.29, 1.82) is 0 Å². The molecule has 6 heteroatoms. The van der Waals surface area contributed by atoms with Crippen molar-refractivity contribution in [1.82, 2.24) is 2.71 Å². The van der Waals surface area contributed by atoms with Crippen molar-refractivity contribution in [3.05, 3.63) is 23.3 Å². The first-order valence-electron chi connectivity index (χ1n) is 6.64. The Hall–Kier alpha value is -0.143.